The monoisotopic (exact) mass is 286 g/mol. The van der Waals surface area contributed by atoms with Gasteiger partial charge in [-0.15, -0.1) is 0 Å². The van der Waals surface area contributed by atoms with Crippen LogP contribution in [0.4, 0.5) is 4.39 Å². The Balaban J connectivity index is 1.62. The van der Waals surface area contributed by atoms with E-state index in [4.69, 9.17) is 9.47 Å². The Morgan fingerprint density at radius 3 is 2.20 bits per heavy atom. The van der Waals surface area contributed by atoms with Crippen LogP contribution in [-0.2, 0) is 9.47 Å². The molecule has 0 N–H and O–H groups in total. The van der Waals surface area contributed by atoms with Gasteiger partial charge in [0.2, 0.25) is 0 Å². The van der Waals surface area contributed by atoms with Gasteiger partial charge in [0.15, 0.2) is 6.29 Å². The molecular weight excluding hydrogens is 255 g/mol. The lowest BCUT2D eigenvalue weighted by atomic mass is 9.74. The van der Waals surface area contributed by atoms with E-state index in [1.807, 2.05) is 0 Å². The van der Waals surface area contributed by atoms with Crippen molar-refractivity contribution in [3.63, 3.8) is 0 Å². The van der Waals surface area contributed by atoms with E-state index in [1.54, 1.807) is 0 Å². The van der Waals surface area contributed by atoms with Gasteiger partial charge in [-0.05, 0) is 24.7 Å². The van der Waals surface area contributed by atoms with E-state index in [-0.39, 0.29) is 13.0 Å². The van der Waals surface area contributed by atoms with Crippen molar-refractivity contribution in [3.05, 3.63) is 0 Å². The first-order valence-electron chi connectivity index (χ1n) is 8.62. The van der Waals surface area contributed by atoms with Crippen molar-refractivity contribution in [2.24, 2.45) is 17.8 Å². The summed E-state index contributed by atoms with van der Waals surface area (Å²) in [5.41, 5.74) is 0. The van der Waals surface area contributed by atoms with Crippen molar-refractivity contribution < 1.29 is 13.9 Å². The van der Waals surface area contributed by atoms with Gasteiger partial charge < -0.3 is 9.47 Å². The first-order valence-corrected chi connectivity index (χ1v) is 8.62. The van der Waals surface area contributed by atoms with Crippen molar-refractivity contribution in [3.8, 4) is 0 Å². The lowest BCUT2D eigenvalue weighted by molar-refractivity contribution is -0.213. The molecule has 2 nitrogen and oxygen atoms in total. The van der Waals surface area contributed by atoms with Crippen molar-refractivity contribution >= 4 is 0 Å². The topological polar surface area (TPSA) is 18.5 Å². The largest absolute Gasteiger partial charge is 0.352 e. The highest BCUT2D eigenvalue weighted by atomic mass is 19.1. The molecule has 2 fully saturated rings. The van der Waals surface area contributed by atoms with Gasteiger partial charge in [-0.3, -0.25) is 4.39 Å². The fourth-order valence-corrected chi connectivity index (χ4v) is 3.72. The molecule has 0 aromatic heterocycles. The van der Waals surface area contributed by atoms with Gasteiger partial charge in [0.05, 0.1) is 19.9 Å². The van der Waals surface area contributed by atoms with Gasteiger partial charge in [0.25, 0.3) is 0 Å². The average molecular weight is 286 g/mol. The van der Waals surface area contributed by atoms with E-state index < -0.39 is 0 Å². The molecule has 1 aliphatic heterocycles. The first kappa shape index (κ1) is 16.2. The molecule has 3 heteroatoms. The summed E-state index contributed by atoms with van der Waals surface area (Å²) in [6, 6.07) is 0. The minimum absolute atomic E-state index is 0.290. The summed E-state index contributed by atoms with van der Waals surface area (Å²) in [7, 11) is 0. The Kier molecular flexibility index (Phi) is 7.29. The van der Waals surface area contributed by atoms with E-state index in [0.717, 1.165) is 25.0 Å². The number of rotatable bonds is 7. The lowest BCUT2D eigenvalue weighted by Gasteiger charge is -2.37. The van der Waals surface area contributed by atoms with Gasteiger partial charge >= 0.3 is 0 Å². The third-order valence-electron chi connectivity index (χ3n) is 5.11. The van der Waals surface area contributed by atoms with Crippen LogP contribution in [0.25, 0.3) is 0 Å². The molecule has 1 heterocycles. The molecular formula is C17H31FO2. The van der Waals surface area contributed by atoms with Crippen LogP contribution in [0.1, 0.15) is 64.7 Å². The summed E-state index contributed by atoms with van der Waals surface area (Å²) in [6.07, 6.45) is 11.1. The van der Waals surface area contributed by atoms with Gasteiger partial charge in [0, 0.05) is 12.3 Å². The number of unbranched alkanes of at least 4 members (excludes halogenated alkanes) is 2. The minimum atomic E-state index is -0.349. The highest BCUT2D eigenvalue weighted by molar-refractivity contribution is 4.79. The molecule has 1 saturated carbocycles. The number of hydrogen-bond acceptors (Lipinski definition) is 2. The maximum absolute atomic E-state index is 12.2. The Hall–Kier alpha value is -0.150. The van der Waals surface area contributed by atoms with Crippen LogP contribution in [0.3, 0.4) is 0 Å². The minimum Gasteiger partial charge on any atom is -0.352 e. The van der Waals surface area contributed by atoms with E-state index >= 15 is 0 Å². The second-order valence-electron chi connectivity index (χ2n) is 6.61. The summed E-state index contributed by atoms with van der Waals surface area (Å²) in [5, 5.41) is 0. The molecule has 1 saturated heterocycles. The van der Waals surface area contributed by atoms with Crippen molar-refractivity contribution in [2.45, 2.75) is 71.0 Å². The second kappa shape index (κ2) is 8.99. The molecule has 118 valence electrons. The van der Waals surface area contributed by atoms with Crippen molar-refractivity contribution in [2.75, 3.05) is 19.9 Å². The van der Waals surface area contributed by atoms with Crippen molar-refractivity contribution in [1.29, 1.82) is 0 Å². The number of hydrogen-bond donors (Lipinski definition) is 0. The molecule has 2 aliphatic rings. The third-order valence-corrected chi connectivity index (χ3v) is 5.11. The molecule has 0 unspecified atom stereocenters. The Morgan fingerprint density at radius 1 is 0.900 bits per heavy atom. The summed E-state index contributed by atoms with van der Waals surface area (Å²) in [4.78, 5) is 0. The molecule has 0 aromatic rings. The lowest BCUT2D eigenvalue weighted by Crippen LogP contribution is -2.37. The van der Waals surface area contributed by atoms with Gasteiger partial charge in [0.1, 0.15) is 0 Å². The molecule has 0 amide bonds. The summed E-state index contributed by atoms with van der Waals surface area (Å²) >= 11 is 0. The number of ether oxygens (including phenoxy) is 2. The highest BCUT2D eigenvalue weighted by Crippen LogP contribution is 2.37. The number of halogens is 1. The zero-order chi connectivity index (χ0) is 14.2. The van der Waals surface area contributed by atoms with Crippen LogP contribution in [0, 0.1) is 17.8 Å². The molecule has 0 bridgehead atoms. The average Bonchev–Trinajstić information content (AvgIpc) is 2.49. The molecule has 0 aromatic carbocycles. The summed E-state index contributed by atoms with van der Waals surface area (Å²) < 4.78 is 23.5. The normalized spacial score (nSPS) is 35.1. The van der Waals surface area contributed by atoms with Crippen LogP contribution >= 0.6 is 0 Å². The molecule has 1 aliphatic carbocycles. The van der Waals surface area contributed by atoms with Crippen molar-refractivity contribution in [1.82, 2.24) is 0 Å². The third kappa shape index (κ3) is 5.00. The SMILES string of the molecule is CCCCCC1CCC(C2COC(CCF)OC2)CC1. The van der Waals surface area contributed by atoms with E-state index in [1.165, 1.54) is 51.4 Å². The Morgan fingerprint density at radius 2 is 1.60 bits per heavy atom. The maximum Gasteiger partial charge on any atom is 0.160 e. The zero-order valence-corrected chi connectivity index (χ0v) is 13.0. The Labute approximate surface area is 123 Å². The molecule has 0 radical (unpaired) electrons. The fourth-order valence-electron chi connectivity index (χ4n) is 3.72. The van der Waals surface area contributed by atoms with Gasteiger partial charge in [-0.1, -0.05) is 45.4 Å². The van der Waals surface area contributed by atoms with E-state index in [2.05, 4.69) is 6.92 Å². The van der Waals surface area contributed by atoms with Crippen LogP contribution in [0.2, 0.25) is 0 Å². The molecule has 20 heavy (non-hydrogen) atoms. The van der Waals surface area contributed by atoms with Crippen LogP contribution in [-0.4, -0.2) is 26.2 Å². The Bertz CT molecular complexity index is 243. The highest BCUT2D eigenvalue weighted by Gasteiger charge is 2.31. The fraction of sp³-hybridized carbons (Fsp3) is 1.00. The van der Waals surface area contributed by atoms with Crippen LogP contribution in [0.5, 0.6) is 0 Å². The molecule has 0 spiro atoms. The van der Waals surface area contributed by atoms with Crippen LogP contribution in [0.15, 0.2) is 0 Å². The maximum atomic E-state index is 12.2. The zero-order valence-electron chi connectivity index (χ0n) is 13.0. The molecule has 2 rings (SSSR count). The van der Waals surface area contributed by atoms with Gasteiger partial charge in [-0.2, -0.15) is 0 Å². The predicted molar refractivity (Wildman–Crippen MR) is 79.4 cm³/mol. The molecule has 0 atom stereocenters. The standard InChI is InChI=1S/C17H31FO2/c1-2-3-4-5-14-6-8-15(9-7-14)16-12-19-17(10-11-18)20-13-16/h14-17H,2-13H2,1H3. The van der Waals surface area contributed by atoms with E-state index in [9.17, 15) is 4.39 Å². The van der Waals surface area contributed by atoms with E-state index in [0.29, 0.717) is 12.3 Å². The predicted octanol–water partition coefficient (Wildman–Crippen LogP) is 4.72. The summed E-state index contributed by atoms with van der Waals surface area (Å²) in [6.45, 7) is 3.47. The second-order valence-corrected chi connectivity index (χ2v) is 6.61. The quantitative estimate of drug-likeness (QED) is 0.630. The summed E-state index contributed by atoms with van der Waals surface area (Å²) in [5.74, 6) is 2.27. The van der Waals surface area contributed by atoms with Crippen LogP contribution < -0.4 is 0 Å². The smallest absolute Gasteiger partial charge is 0.160 e. The first-order chi connectivity index (χ1) is 9.83. The number of alkyl halides is 1. The van der Waals surface area contributed by atoms with Gasteiger partial charge in [-0.25, -0.2) is 0 Å².